The third kappa shape index (κ3) is 4.24. The van der Waals surface area contributed by atoms with Gasteiger partial charge in [-0.3, -0.25) is 0 Å². The molecule has 0 bridgehead atoms. The molecule has 0 aliphatic heterocycles. The Balaban J connectivity index is 1.91. The van der Waals surface area contributed by atoms with Crippen LogP contribution in [0.2, 0.25) is 0 Å². The van der Waals surface area contributed by atoms with E-state index in [1.165, 1.54) is 7.11 Å². The van der Waals surface area contributed by atoms with Gasteiger partial charge in [0.05, 0.1) is 12.7 Å². The Labute approximate surface area is 150 Å². The van der Waals surface area contributed by atoms with Gasteiger partial charge in [0.2, 0.25) is 0 Å². The summed E-state index contributed by atoms with van der Waals surface area (Å²) in [5.74, 6) is 1.54. The first-order valence-corrected chi connectivity index (χ1v) is 7.84. The lowest BCUT2D eigenvalue weighted by atomic mass is 10.2. The number of benzene rings is 3. The third-order valence-corrected chi connectivity index (χ3v) is 3.53. The minimum Gasteiger partial charge on any atom is -0.465 e. The van der Waals surface area contributed by atoms with E-state index in [0.29, 0.717) is 39.9 Å². The van der Waals surface area contributed by atoms with Gasteiger partial charge in [-0.05, 0) is 60.7 Å². The van der Waals surface area contributed by atoms with Gasteiger partial charge in [0, 0.05) is 17.4 Å². The third-order valence-electron chi connectivity index (χ3n) is 3.53. The van der Waals surface area contributed by atoms with Gasteiger partial charge in [-0.15, -0.1) is 0 Å². The van der Waals surface area contributed by atoms with Gasteiger partial charge in [-0.2, -0.15) is 0 Å². The molecule has 0 radical (unpaired) electrons. The summed E-state index contributed by atoms with van der Waals surface area (Å²) in [5.41, 5.74) is 12.9. The van der Waals surface area contributed by atoms with E-state index in [2.05, 4.69) is 0 Å². The minimum absolute atomic E-state index is 0.311. The number of methoxy groups -OCH3 is 1. The van der Waals surface area contributed by atoms with Crippen LogP contribution in [0.5, 0.6) is 23.0 Å². The highest BCUT2D eigenvalue weighted by molar-refractivity contribution is 5.90. The zero-order valence-corrected chi connectivity index (χ0v) is 14.1. The lowest BCUT2D eigenvalue weighted by Crippen LogP contribution is -2.02. The Morgan fingerprint density at radius 2 is 1.12 bits per heavy atom. The number of esters is 1. The average molecular weight is 350 g/mol. The molecule has 0 saturated carbocycles. The first kappa shape index (κ1) is 17.2. The van der Waals surface area contributed by atoms with Crippen LogP contribution in [0.15, 0.2) is 66.7 Å². The number of carbonyl (C=O) groups is 1. The van der Waals surface area contributed by atoms with Gasteiger partial charge in [-0.1, -0.05) is 0 Å². The molecule has 3 rings (SSSR count). The Morgan fingerprint density at radius 1 is 0.692 bits per heavy atom. The van der Waals surface area contributed by atoms with Crippen LogP contribution in [0, 0.1) is 0 Å². The maximum atomic E-state index is 11.9. The molecule has 4 N–H and O–H groups in total. The number of nitrogen functional groups attached to an aromatic ring is 2. The Hall–Kier alpha value is -3.67. The molecule has 3 aromatic rings. The minimum atomic E-state index is -0.491. The maximum absolute atomic E-state index is 11.9. The van der Waals surface area contributed by atoms with E-state index in [0.717, 1.165) is 0 Å². The highest BCUT2D eigenvalue weighted by Crippen LogP contribution is 2.31. The zero-order valence-electron chi connectivity index (χ0n) is 14.1. The summed E-state index contributed by atoms with van der Waals surface area (Å²) in [6, 6.07) is 18.7. The molecule has 0 aliphatic rings. The standard InChI is InChI=1S/C20H18N2O4/c1-24-20(23)13-10-18(25-16-6-2-14(21)3-7-16)12-19(11-13)26-17-8-4-15(22)5-9-17/h2-12H,21-22H2,1H3. The van der Waals surface area contributed by atoms with E-state index >= 15 is 0 Å². The number of ether oxygens (including phenoxy) is 3. The maximum Gasteiger partial charge on any atom is 0.338 e. The van der Waals surface area contributed by atoms with Crippen molar-refractivity contribution in [2.45, 2.75) is 0 Å². The van der Waals surface area contributed by atoms with Crippen molar-refractivity contribution in [3.05, 3.63) is 72.3 Å². The summed E-state index contributed by atoms with van der Waals surface area (Å²) in [4.78, 5) is 11.9. The molecule has 0 spiro atoms. The summed E-state index contributed by atoms with van der Waals surface area (Å²) >= 11 is 0. The fourth-order valence-electron chi connectivity index (χ4n) is 2.27. The second kappa shape index (κ2) is 7.48. The second-order valence-electron chi connectivity index (χ2n) is 5.53. The van der Waals surface area contributed by atoms with Crippen molar-refractivity contribution in [3.8, 4) is 23.0 Å². The van der Waals surface area contributed by atoms with Crippen molar-refractivity contribution in [1.82, 2.24) is 0 Å². The van der Waals surface area contributed by atoms with Crippen LogP contribution >= 0.6 is 0 Å². The fraction of sp³-hybridized carbons (Fsp3) is 0.0500. The van der Waals surface area contributed by atoms with Crippen molar-refractivity contribution < 1.29 is 19.0 Å². The highest BCUT2D eigenvalue weighted by atomic mass is 16.5. The lowest BCUT2D eigenvalue weighted by Gasteiger charge is -2.12. The van der Waals surface area contributed by atoms with Gasteiger partial charge in [0.25, 0.3) is 0 Å². The summed E-state index contributed by atoms with van der Waals surface area (Å²) in [7, 11) is 1.32. The Kier molecular flexibility index (Phi) is 4.94. The van der Waals surface area contributed by atoms with E-state index < -0.39 is 5.97 Å². The molecule has 0 aromatic heterocycles. The average Bonchev–Trinajstić information content (AvgIpc) is 2.64. The molecule has 26 heavy (non-hydrogen) atoms. The normalized spacial score (nSPS) is 10.2. The monoisotopic (exact) mass is 350 g/mol. The molecule has 0 amide bonds. The first-order valence-electron chi connectivity index (χ1n) is 7.84. The van der Waals surface area contributed by atoms with E-state index in [1.807, 2.05) is 0 Å². The van der Waals surface area contributed by atoms with Gasteiger partial charge >= 0.3 is 5.97 Å². The quantitative estimate of drug-likeness (QED) is 0.528. The van der Waals surface area contributed by atoms with Crippen molar-refractivity contribution >= 4 is 17.3 Å². The number of carbonyl (C=O) groups excluding carboxylic acids is 1. The molecule has 0 unspecified atom stereocenters. The smallest absolute Gasteiger partial charge is 0.338 e. The van der Waals surface area contributed by atoms with E-state index in [9.17, 15) is 4.79 Å². The molecule has 6 heteroatoms. The predicted octanol–water partition coefficient (Wildman–Crippen LogP) is 4.22. The molecule has 0 heterocycles. The van der Waals surface area contributed by atoms with Crippen LogP contribution in [0.4, 0.5) is 11.4 Å². The van der Waals surface area contributed by atoms with E-state index in [-0.39, 0.29) is 0 Å². The van der Waals surface area contributed by atoms with Crippen LogP contribution in [0.1, 0.15) is 10.4 Å². The van der Waals surface area contributed by atoms with E-state index in [4.69, 9.17) is 25.7 Å². The Bertz CT molecular complexity index is 840. The number of rotatable bonds is 5. The van der Waals surface area contributed by atoms with Gasteiger partial charge in [-0.25, -0.2) is 4.79 Å². The lowest BCUT2D eigenvalue weighted by molar-refractivity contribution is 0.0600. The van der Waals surface area contributed by atoms with Crippen molar-refractivity contribution in [2.75, 3.05) is 18.6 Å². The topological polar surface area (TPSA) is 96.8 Å². The van der Waals surface area contributed by atoms with Crippen LogP contribution in [-0.4, -0.2) is 13.1 Å². The summed E-state index contributed by atoms with van der Waals surface area (Å²) in [5, 5.41) is 0. The van der Waals surface area contributed by atoms with Crippen molar-refractivity contribution in [3.63, 3.8) is 0 Å². The van der Waals surface area contributed by atoms with Gasteiger partial charge < -0.3 is 25.7 Å². The van der Waals surface area contributed by atoms with Crippen LogP contribution in [0.3, 0.4) is 0 Å². The number of hydrogen-bond donors (Lipinski definition) is 2. The number of anilines is 2. The zero-order chi connectivity index (χ0) is 18.5. The molecule has 3 aromatic carbocycles. The largest absolute Gasteiger partial charge is 0.465 e. The van der Waals surface area contributed by atoms with Gasteiger partial charge in [0.1, 0.15) is 23.0 Å². The van der Waals surface area contributed by atoms with Crippen LogP contribution in [-0.2, 0) is 4.74 Å². The molecule has 0 atom stereocenters. The summed E-state index contributed by atoms with van der Waals surface area (Å²) in [6.45, 7) is 0. The second-order valence-corrected chi connectivity index (χ2v) is 5.53. The highest BCUT2D eigenvalue weighted by Gasteiger charge is 2.12. The number of nitrogens with two attached hydrogens (primary N) is 2. The predicted molar refractivity (Wildman–Crippen MR) is 99.6 cm³/mol. The van der Waals surface area contributed by atoms with Gasteiger partial charge in [0.15, 0.2) is 0 Å². The molecular weight excluding hydrogens is 332 g/mol. The molecule has 6 nitrogen and oxygen atoms in total. The SMILES string of the molecule is COC(=O)c1cc(Oc2ccc(N)cc2)cc(Oc2ccc(N)cc2)c1. The molecule has 132 valence electrons. The summed E-state index contributed by atoms with van der Waals surface area (Å²) < 4.78 is 16.4. The molecule has 0 fully saturated rings. The fourth-order valence-corrected chi connectivity index (χ4v) is 2.27. The number of hydrogen-bond acceptors (Lipinski definition) is 6. The molecule has 0 aliphatic carbocycles. The van der Waals surface area contributed by atoms with E-state index in [1.54, 1.807) is 66.7 Å². The van der Waals surface area contributed by atoms with Crippen LogP contribution < -0.4 is 20.9 Å². The molecule has 0 saturated heterocycles. The molecular formula is C20H18N2O4. The first-order chi connectivity index (χ1) is 12.5. The van der Waals surface area contributed by atoms with Crippen LogP contribution in [0.25, 0.3) is 0 Å². The van der Waals surface area contributed by atoms with Crippen molar-refractivity contribution in [2.24, 2.45) is 0 Å². The van der Waals surface area contributed by atoms with Crippen molar-refractivity contribution in [1.29, 1.82) is 0 Å². The Morgan fingerprint density at radius 3 is 1.50 bits per heavy atom. The summed E-state index contributed by atoms with van der Waals surface area (Å²) in [6.07, 6.45) is 0.